The van der Waals surface area contributed by atoms with E-state index in [2.05, 4.69) is 5.32 Å². The highest BCUT2D eigenvalue weighted by Crippen LogP contribution is 2.24. The summed E-state index contributed by atoms with van der Waals surface area (Å²) < 4.78 is 5.22. The molecule has 0 radical (unpaired) electrons. The summed E-state index contributed by atoms with van der Waals surface area (Å²) >= 11 is 0. The third-order valence-corrected chi connectivity index (χ3v) is 2.72. The lowest BCUT2D eigenvalue weighted by atomic mass is 10.1. The van der Waals surface area contributed by atoms with E-state index < -0.39 is 17.9 Å². The molecule has 104 valence electrons. The Hall–Kier alpha value is -2.08. The highest BCUT2D eigenvalue weighted by molar-refractivity contribution is 5.87. The van der Waals surface area contributed by atoms with Crippen molar-refractivity contribution in [3.05, 3.63) is 29.8 Å². The van der Waals surface area contributed by atoms with Gasteiger partial charge in [0.2, 0.25) is 11.8 Å². The maximum atomic E-state index is 11.8. The molecule has 2 atom stereocenters. The number of hydrogen-bond acceptors (Lipinski definition) is 4. The molecule has 0 saturated heterocycles. The number of para-hydroxylation sites is 1. The minimum atomic E-state index is -0.936. The Morgan fingerprint density at radius 3 is 2.58 bits per heavy atom. The predicted octanol–water partition coefficient (Wildman–Crippen LogP) is 0.0751. The number of nitrogens with one attached hydrogen (secondary N) is 1. The fourth-order valence-corrected chi connectivity index (χ4v) is 1.73. The summed E-state index contributed by atoms with van der Waals surface area (Å²) in [5.74, 6) is -0.344. The molecule has 1 rings (SSSR count). The van der Waals surface area contributed by atoms with Gasteiger partial charge in [0.05, 0.1) is 25.6 Å². The fourth-order valence-electron chi connectivity index (χ4n) is 1.73. The van der Waals surface area contributed by atoms with Crippen LogP contribution in [0.5, 0.6) is 5.75 Å². The molecule has 0 aromatic heterocycles. The summed E-state index contributed by atoms with van der Waals surface area (Å²) in [5, 5.41) is 2.72. The van der Waals surface area contributed by atoms with Gasteiger partial charge in [-0.3, -0.25) is 9.59 Å². The first kappa shape index (κ1) is 15.0. The first-order valence-corrected chi connectivity index (χ1v) is 5.93. The minimum Gasteiger partial charge on any atom is -0.496 e. The maximum absolute atomic E-state index is 11.8. The van der Waals surface area contributed by atoms with E-state index in [1.165, 1.54) is 0 Å². The van der Waals surface area contributed by atoms with Crippen LogP contribution in [0, 0.1) is 0 Å². The quantitative estimate of drug-likeness (QED) is 0.676. The zero-order valence-electron chi connectivity index (χ0n) is 11.1. The van der Waals surface area contributed by atoms with Gasteiger partial charge in [-0.25, -0.2) is 0 Å². The smallest absolute Gasteiger partial charge is 0.237 e. The van der Waals surface area contributed by atoms with Crippen molar-refractivity contribution in [3.63, 3.8) is 0 Å². The molecule has 0 heterocycles. The third-order valence-electron chi connectivity index (χ3n) is 2.72. The fraction of sp³-hybridized carbons (Fsp3) is 0.385. The van der Waals surface area contributed by atoms with Gasteiger partial charge < -0.3 is 21.5 Å². The molecule has 0 aliphatic rings. The molecule has 0 saturated carbocycles. The average molecular weight is 265 g/mol. The first-order valence-electron chi connectivity index (χ1n) is 5.93. The van der Waals surface area contributed by atoms with E-state index in [0.717, 1.165) is 5.56 Å². The second-order valence-corrected chi connectivity index (χ2v) is 4.25. The lowest BCUT2D eigenvalue weighted by molar-refractivity contribution is -0.126. The molecule has 1 aromatic carbocycles. The molecule has 1 unspecified atom stereocenters. The zero-order chi connectivity index (χ0) is 14.4. The molecule has 0 bridgehead atoms. The van der Waals surface area contributed by atoms with E-state index in [-0.39, 0.29) is 12.5 Å². The van der Waals surface area contributed by atoms with Crippen molar-refractivity contribution in [2.45, 2.75) is 25.4 Å². The Morgan fingerprint density at radius 1 is 1.37 bits per heavy atom. The van der Waals surface area contributed by atoms with Crippen LogP contribution in [-0.4, -0.2) is 25.0 Å². The number of rotatable bonds is 6. The van der Waals surface area contributed by atoms with Crippen molar-refractivity contribution in [1.82, 2.24) is 5.32 Å². The van der Waals surface area contributed by atoms with Crippen molar-refractivity contribution in [1.29, 1.82) is 0 Å². The van der Waals surface area contributed by atoms with Gasteiger partial charge in [-0.05, 0) is 13.0 Å². The van der Waals surface area contributed by atoms with Crippen molar-refractivity contribution in [2.75, 3.05) is 7.11 Å². The van der Waals surface area contributed by atoms with Crippen LogP contribution < -0.4 is 21.5 Å². The van der Waals surface area contributed by atoms with Gasteiger partial charge in [-0.1, -0.05) is 18.2 Å². The van der Waals surface area contributed by atoms with Gasteiger partial charge >= 0.3 is 0 Å². The molecule has 0 aliphatic carbocycles. The summed E-state index contributed by atoms with van der Waals surface area (Å²) in [4.78, 5) is 22.5. The number of nitrogens with two attached hydrogens (primary N) is 2. The molecule has 2 amide bonds. The SMILES string of the molecule is COc1ccccc1[C@@H](C)NC(=O)C(N)CC(N)=O. The van der Waals surface area contributed by atoms with Crippen molar-refractivity contribution in [3.8, 4) is 5.75 Å². The normalized spacial score (nSPS) is 13.4. The van der Waals surface area contributed by atoms with Crippen molar-refractivity contribution < 1.29 is 14.3 Å². The van der Waals surface area contributed by atoms with Gasteiger partial charge in [-0.2, -0.15) is 0 Å². The molecule has 1 aromatic rings. The average Bonchev–Trinajstić information content (AvgIpc) is 2.37. The largest absolute Gasteiger partial charge is 0.496 e. The third kappa shape index (κ3) is 4.26. The number of benzene rings is 1. The van der Waals surface area contributed by atoms with E-state index in [0.29, 0.717) is 5.75 Å². The van der Waals surface area contributed by atoms with Gasteiger partial charge in [0.25, 0.3) is 0 Å². The standard InChI is InChI=1S/C13H19N3O3/c1-8(9-5-3-4-6-11(9)19-2)16-13(18)10(14)7-12(15)17/h3-6,8,10H,7,14H2,1-2H3,(H2,15,17)(H,16,18)/t8-,10?/m1/s1. The topological polar surface area (TPSA) is 107 Å². The molecule has 19 heavy (non-hydrogen) atoms. The van der Waals surface area contributed by atoms with Gasteiger partial charge in [0.1, 0.15) is 5.75 Å². The Labute approximate surface area is 112 Å². The van der Waals surface area contributed by atoms with Gasteiger partial charge in [0.15, 0.2) is 0 Å². The monoisotopic (exact) mass is 265 g/mol. The second kappa shape index (κ2) is 6.75. The van der Waals surface area contributed by atoms with E-state index >= 15 is 0 Å². The van der Waals surface area contributed by atoms with Crippen LogP contribution in [0.25, 0.3) is 0 Å². The molecule has 0 aliphatic heterocycles. The van der Waals surface area contributed by atoms with Crippen molar-refractivity contribution in [2.24, 2.45) is 11.5 Å². The number of ether oxygens (including phenoxy) is 1. The molecule has 5 N–H and O–H groups in total. The molecule has 0 spiro atoms. The minimum absolute atomic E-state index is 0.176. The van der Waals surface area contributed by atoms with E-state index in [4.69, 9.17) is 16.2 Å². The molecular formula is C13H19N3O3. The summed E-state index contributed by atoms with van der Waals surface area (Å²) in [6, 6.07) is 6.14. The van der Waals surface area contributed by atoms with E-state index in [1.54, 1.807) is 13.2 Å². The summed E-state index contributed by atoms with van der Waals surface area (Å²) in [7, 11) is 1.56. The van der Waals surface area contributed by atoms with Crippen LogP contribution in [0.15, 0.2) is 24.3 Å². The molecule has 0 fully saturated rings. The van der Waals surface area contributed by atoms with Crippen LogP contribution in [0.1, 0.15) is 24.9 Å². The number of hydrogen-bond donors (Lipinski definition) is 3. The summed E-state index contributed by atoms with van der Waals surface area (Å²) in [6.45, 7) is 1.81. The molecule has 6 heteroatoms. The van der Waals surface area contributed by atoms with E-state index in [9.17, 15) is 9.59 Å². The van der Waals surface area contributed by atoms with Crippen LogP contribution in [0.4, 0.5) is 0 Å². The second-order valence-electron chi connectivity index (χ2n) is 4.25. The highest BCUT2D eigenvalue weighted by atomic mass is 16.5. The highest BCUT2D eigenvalue weighted by Gasteiger charge is 2.19. The van der Waals surface area contributed by atoms with Crippen LogP contribution in [0.3, 0.4) is 0 Å². The Morgan fingerprint density at radius 2 is 2.00 bits per heavy atom. The first-order chi connectivity index (χ1) is 8.95. The Balaban J connectivity index is 2.71. The lowest BCUT2D eigenvalue weighted by Crippen LogP contribution is -2.43. The number of carbonyl (C=O) groups excluding carboxylic acids is 2. The predicted molar refractivity (Wildman–Crippen MR) is 71.3 cm³/mol. The van der Waals surface area contributed by atoms with Crippen LogP contribution >= 0.6 is 0 Å². The lowest BCUT2D eigenvalue weighted by Gasteiger charge is -2.19. The molecule has 6 nitrogen and oxygen atoms in total. The number of carbonyl (C=O) groups is 2. The van der Waals surface area contributed by atoms with Gasteiger partial charge in [0, 0.05) is 5.56 Å². The maximum Gasteiger partial charge on any atom is 0.237 e. The van der Waals surface area contributed by atoms with E-state index in [1.807, 2.05) is 25.1 Å². The number of amides is 2. The van der Waals surface area contributed by atoms with Crippen LogP contribution in [-0.2, 0) is 9.59 Å². The summed E-state index contributed by atoms with van der Waals surface area (Å²) in [6.07, 6.45) is -0.176. The van der Waals surface area contributed by atoms with Crippen molar-refractivity contribution >= 4 is 11.8 Å². The summed E-state index contributed by atoms with van der Waals surface area (Å²) in [5.41, 5.74) is 11.4. The van der Waals surface area contributed by atoms with Crippen LogP contribution in [0.2, 0.25) is 0 Å². The number of methoxy groups -OCH3 is 1. The zero-order valence-corrected chi connectivity index (χ0v) is 11.1. The number of primary amides is 1. The Kier molecular flexibility index (Phi) is 5.32. The Bertz CT molecular complexity index is 462. The molecular weight excluding hydrogens is 246 g/mol. The van der Waals surface area contributed by atoms with Gasteiger partial charge in [-0.15, -0.1) is 0 Å².